The zero-order valence-corrected chi connectivity index (χ0v) is 20.8. The second-order valence-corrected chi connectivity index (χ2v) is 9.84. The van der Waals surface area contributed by atoms with E-state index < -0.39 is 0 Å². The highest BCUT2D eigenvalue weighted by Crippen LogP contribution is 2.34. The molecule has 1 amide bonds. The maximum atomic E-state index is 13.5. The van der Waals surface area contributed by atoms with Crippen molar-refractivity contribution in [1.29, 1.82) is 0 Å². The molecule has 0 unspecified atom stereocenters. The van der Waals surface area contributed by atoms with Crippen molar-refractivity contribution in [2.24, 2.45) is 0 Å². The first-order chi connectivity index (χ1) is 18.2. The van der Waals surface area contributed by atoms with Crippen LogP contribution in [0.5, 0.6) is 0 Å². The van der Waals surface area contributed by atoms with E-state index in [4.69, 9.17) is 9.97 Å². The molecule has 6 rings (SSSR count). The van der Waals surface area contributed by atoms with Crippen LogP contribution in [0.15, 0.2) is 79.0 Å². The third-order valence-corrected chi connectivity index (χ3v) is 7.22. The molecule has 1 aliphatic heterocycles. The molecule has 0 bridgehead atoms. The van der Waals surface area contributed by atoms with Crippen molar-refractivity contribution in [2.45, 2.75) is 18.9 Å². The first-order valence-electron chi connectivity index (χ1n) is 12.3. The Hall–Kier alpha value is -4.21. The van der Waals surface area contributed by atoms with Crippen LogP contribution in [0.2, 0.25) is 0 Å². The molecule has 0 saturated carbocycles. The van der Waals surface area contributed by atoms with Crippen LogP contribution in [0.4, 0.5) is 11.5 Å². The largest absolute Gasteiger partial charge is 0.366 e. The number of benzene rings is 2. The number of piperidine rings is 1. The van der Waals surface area contributed by atoms with E-state index in [9.17, 15) is 4.79 Å². The molecule has 4 heterocycles. The Labute approximate surface area is 218 Å². The van der Waals surface area contributed by atoms with Crippen molar-refractivity contribution in [1.82, 2.24) is 25.3 Å². The number of hydrogen-bond donors (Lipinski definition) is 3. The molecule has 0 radical (unpaired) electrons. The van der Waals surface area contributed by atoms with Crippen LogP contribution in [0.1, 0.15) is 23.3 Å². The molecule has 5 aromatic rings. The lowest BCUT2D eigenvalue weighted by Gasteiger charge is -2.24. The molecule has 1 atom stereocenters. The van der Waals surface area contributed by atoms with Crippen molar-refractivity contribution in [3.63, 3.8) is 0 Å². The van der Waals surface area contributed by atoms with Gasteiger partial charge in [-0.15, -0.1) is 0 Å². The summed E-state index contributed by atoms with van der Waals surface area (Å²) in [4.78, 5) is 32.9. The Morgan fingerprint density at radius 3 is 2.68 bits per heavy atom. The number of carbonyl (C=O) groups is 1. The van der Waals surface area contributed by atoms with Crippen LogP contribution in [0.25, 0.3) is 32.3 Å². The van der Waals surface area contributed by atoms with Crippen LogP contribution < -0.4 is 16.0 Å². The zero-order valence-electron chi connectivity index (χ0n) is 20.0. The van der Waals surface area contributed by atoms with Gasteiger partial charge < -0.3 is 16.0 Å². The van der Waals surface area contributed by atoms with E-state index in [1.54, 1.807) is 12.3 Å². The molecule has 2 aromatic carbocycles. The molecule has 37 heavy (non-hydrogen) atoms. The maximum absolute atomic E-state index is 13.5. The Morgan fingerprint density at radius 2 is 1.84 bits per heavy atom. The summed E-state index contributed by atoms with van der Waals surface area (Å²) >= 11 is 1.49. The summed E-state index contributed by atoms with van der Waals surface area (Å²) in [7, 11) is 0. The predicted molar refractivity (Wildman–Crippen MR) is 148 cm³/mol. The monoisotopic (exact) mass is 507 g/mol. The fourth-order valence-corrected chi connectivity index (χ4v) is 5.33. The number of pyridine rings is 1. The van der Waals surface area contributed by atoms with Gasteiger partial charge in [-0.1, -0.05) is 53.8 Å². The van der Waals surface area contributed by atoms with E-state index >= 15 is 0 Å². The van der Waals surface area contributed by atoms with Crippen molar-refractivity contribution >= 4 is 39.1 Å². The van der Waals surface area contributed by atoms with Gasteiger partial charge in [-0.2, -0.15) is 0 Å². The first-order valence-corrected chi connectivity index (χ1v) is 13.1. The Kier molecular flexibility index (Phi) is 6.53. The van der Waals surface area contributed by atoms with Crippen LogP contribution in [0, 0.1) is 0 Å². The number of carbonyl (C=O) groups excluding carboxylic acids is 1. The summed E-state index contributed by atoms with van der Waals surface area (Å²) in [6.45, 7) is 1.88. The number of anilines is 2. The van der Waals surface area contributed by atoms with E-state index in [1.807, 2.05) is 66.7 Å². The van der Waals surface area contributed by atoms with Gasteiger partial charge in [0.15, 0.2) is 5.82 Å². The average Bonchev–Trinajstić information content (AvgIpc) is 3.38. The van der Waals surface area contributed by atoms with Crippen LogP contribution in [-0.4, -0.2) is 45.0 Å². The first kappa shape index (κ1) is 23.2. The van der Waals surface area contributed by atoms with Crippen LogP contribution in [0.3, 0.4) is 0 Å². The van der Waals surface area contributed by atoms with Crippen LogP contribution in [-0.2, 0) is 0 Å². The van der Waals surface area contributed by atoms with Crippen molar-refractivity contribution in [3.8, 4) is 22.0 Å². The molecular formula is C28H25N7OS. The SMILES string of the molecule is O=C(Nc1ccccc1-c1nc2cccnc2s1)c1cc(N[C@H]2CCCNC2)nc(-c2ccccc2)n1. The fourth-order valence-electron chi connectivity index (χ4n) is 4.39. The highest BCUT2D eigenvalue weighted by molar-refractivity contribution is 7.21. The minimum absolute atomic E-state index is 0.247. The van der Waals surface area contributed by atoms with Crippen molar-refractivity contribution in [3.05, 3.63) is 84.7 Å². The fraction of sp³-hybridized carbons (Fsp3) is 0.179. The molecule has 1 saturated heterocycles. The number of fused-ring (bicyclic) bond motifs is 1. The van der Waals surface area contributed by atoms with Gasteiger partial charge in [0, 0.05) is 36.0 Å². The van der Waals surface area contributed by atoms with E-state index in [-0.39, 0.29) is 11.9 Å². The topological polar surface area (TPSA) is 105 Å². The molecule has 8 nitrogen and oxygen atoms in total. The summed E-state index contributed by atoms with van der Waals surface area (Å²) in [6, 6.07) is 23.1. The van der Waals surface area contributed by atoms with Gasteiger partial charge in [-0.3, -0.25) is 4.79 Å². The number of nitrogens with zero attached hydrogens (tertiary/aromatic N) is 4. The van der Waals surface area contributed by atoms with Gasteiger partial charge in [0.05, 0.1) is 5.69 Å². The Morgan fingerprint density at radius 1 is 0.973 bits per heavy atom. The van der Waals surface area contributed by atoms with Crippen LogP contribution >= 0.6 is 11.3 Å². The van der Waals surface area contributed by atoms with E-state index in [1.165, 1.54) is 11.3 Å². The minimum atomic E-state index is -0.309. The second kappa shape index (κ2) is 10.4. The Balaban J connectivity index is 1.33. The summed E-state index contributed by atoms with van der Waals surface area (Å²) in [5, 5.41) is 10.8. The van der Waals surface area contributed by atoms with Crippen molar-refractivity contribution < 1.29 is 4.79 Å². The van der Waals surface area contributed by atoms with Gasteiger partial charge in [0.1, 0.15) is 26.9 Å². The zero-order chi connectivity index (χ0) is 25.0. The summed E-state index contributed by atoms with van der Waals surface area (Å²) < 4.78 is 0. The third-order valence-electron chi connectivity index (χ3n) is 6.21. The molecular weight excluding hydrogens is 482 g/mol. The standard InChI is InChI=1S/C28H25N7OS/c36-26(33-21-12-5-4-11-20(21)27-34-22-13-7-15-30-28(22)37-27)23-16-24(31-19-10-6-14-29-17-19)35-25(32-23)18-8-2-1-3-9-18/h1-5,7-9,11-13,15-16,19,29H,6,10,14,17H2,(H,33,36)(H,31,32,35)/t19-/m0/s1. The number of amides is 1. The van der Waals surface area contributed by atoms with E-state index in [0.717, 1.165) is 52.4 Å². The molecule has 9 heteroatoms. The normalized spacial score (nSPS) is 15.4. The molecule has 184 valence electrons. The quantitative estimate of drug-likeness (QED) is 0.289. The summed E-state index contributed by atoms with van der Waals surface area (Å²) in [5.74, 6) is 0.833. The molecule has 0 spiro atoms. The predicted octanol–water partition coefficient (Wildman–Crippen LogP) is 5.23. The lowest BCUT2D eigenvalue weighted by Crippen LogP contribution is -2.38. The lowest BCUT2D eigenvalue weighted by atomic mass is 10.1. The maximum Gasteiger partial charge on any atom is 0.274 e. The van der Waals surface area contributed by atoms with Gasteiger partial charge in [0.2, 0.25) is 0 Å². The average molecular weight is 508 g/mol. The lowest BCUT2D eigenvalue weighted by molar-refractivity contribution is 0.102. The number of hydrogen-bond acceptors (Lipinski definition) is 8. The summed E-state index contributed by atoms with van der Waals surface area (Å²) in [6.07, 6.45) is 3.90. The number of para-hydroxylation sites is 1. The smallest absolute Gasteiger partial charge is 0.274 e. The third kappa shape index (κ3) is 5.18. The van der Waals surface area contributed by atoms with E-state index in [0.29, 0.717) is 23.0 Å². The summed E-state index contributed by atoms with van der Waals surface area (Å²) in [5.41, 5.74) is 3.48. The van der Waals surface area contributed by atoms with Gasteiger partial charge >= 0.3 is 0 Å². The molecule has 3 aromatic heterocycles. The van der Waals surface area contributed by atoms with Gasteiger partial charge in [0.25, 0.3) is 5.91 Å². The van der Waals surface area contributed by atoms with E-state index in [2.05, 4.69) is 25.9 Å². The Bertz CT molecular complexity index is 1510. The number of aromatic nitrogens is 4. The molecule has 1 aliphatic rings. The molecule has 0 aliphatic carbocycles. The second-order valence-electron chi connectivity index (χ2n) is 8.86. The highest BCUT2D eigenvalue weighted by Gasteiger charge is 2.19. The minimum Gasteiger partial charge on any atom is -0.366 e. The number of thiazole rings is 1. The molecule has 1 fully saturated rings. The number of nitrogens with one attached hydrogen (secondary N) is 3. The molecule has 3 N–H and O–H groups in total. The van der Waals surface area contributed by atoms with Crippen molar-refractivity contribution in [2.75, 3.05) is 23.7 Å². The van der Waals surface area contributed by atoms with Gasteiger partial charge in [-0.25, -0.2) is 19.9 Å². The van der Waals surface area contributed by atoms with Gasteiger partial charge in [-0.05, 0) is 43.7 Å². The highest BCUT2D eigenvalue weighted by atomic mass is 32.1. The number of rotatable bonds is 6.